The van der Waals surface area contributed by atoms with E-state index in [2.05, 4.69) is 0 Å². The van der Waals surface area contributed by atoms with Gasteiger partial charge in [0.25, 0.3) is 5.91 Å². The molecule has 1 fully saturated rings. The minimum Gasteiger partial charge on any atom is -0.481 e. The van der Waals surface area contributed by atoms with Gasteiger partial charge in [-0.15, -0.1) is 0 Å². The lowest BCUT2D eigenvalue weighted by Crippen LogP contribution is -2.31. The molecule has 0 spiro atoms. The van der Waals surface area contributed by atoms with Crippen LogP contribution in [0, 0.1) is 5.92 Å². The minimum absolute atomic E-state index is 0.107. The third-order valence-electron chi connectivity index (χ3n) is 3.41. The first-order valence-electron chi connectivity index (χ1n) is 6.29. The predicted octanol–water partition coefficient (Wildman–Crippen LogP) is 0.681. The van der Waals surface area contributed by atoms with Crippen LogP contribution in [0.2, 0.25) is 0 Å². The van der Waals surface area contributed by atoms with Gasteiger partial charge >= 0.3 is 5.97 Å². The highest BCUT2D eigenvalue weighted by atomic mass is 16.5. The first-order valence-corrected chi connectivity index (χ1v) is 6.29. The number of carbonyl (C=O) groups is 2. The van der Waals surface area contributed by atoms with Gasteiger partial charge < -0.3 is 19.3 Å². The second-order valence-electron chi connectivity index (χ2n) is 4.65. The third-order valence-corrected chi connectivity index (χ3v) is 3.41. The highest BCUT2D eigenvalue weighted by molar-refractivity contribution is 5.93. The number of methoxy groups -OCH3 is 1. The Balaban J connectivity index is 2.04. The van der Waals surface area contributed by atoms with Crippen molar-refractivity contribution >= 4 is 11.9 Å². The summed E-state index contributed by atoms with van der Waals surface area (Å²) < 4.78 is 6.83. The number of nitrogens with zero attached hydrogens (tertiary/aromatic N) is 2. The fourth-order valence-electron chi connectivity index (χ4n) is 2.30. The van der Waals surface area contributed by atoms with Crippen molar-refractivity contribution in [3.8, 4) is 0 Å². The van der Waals surface area contributed by atoms with Crippen LogP contribution < -0.4 is 0 Å². The smallest absolute Gasteiger partial charge is 0.308 e. The van der Waals surface area contributed by atoms with Crippen LogP contribution in [0.25, 0.3) is 0 Å². The Kier molecular flexibility index (Phi) is 4.21. The highest BCUT2D eigenvalue weighted by Gasteiger charge is 2.32. The second kappa shape index (κ2) is 5.88. The van der Waals surface area contributed by atoms with Gasteiger partial charge in [0.05, 0.1) is 12.5 Å². The molecule has 2 rings (SSSR count). The van der Waals surface area contributed by atoms with Crippen molar-refractivity contribution in [2.45, 2.75) is 13.0 Å². The Morgan fingerprint density at radius 3 is 2.95 bits per heavy atom. The molecule has 0 saturated carbocycles. The number of carboxylic acids is 1. The average molecular weight is 266 g/mol. The predicted molar refractivity (Wildman–Crippen MR) is 68.0 cm³/mol. The van der Waals surface area contributed by atoms with E-state index in [-0.39, 0.29) is 5.91 Å². The van der Waals surface area contributed by atoms with Crippen molar-refractivity contribution in [3.63, 3.8) is 0 Å². The number of hydrogen-bond donors (Lipinski definition) is 1. The van der Waals surface area contributed by atoms with Crippen molar-refractivity contribution in [2.24, 2.45) is 5.92 Å². The Labute approximate surface area is 111 Å². The fourth-order valence-corrected chi connectivity index (χ4v) is 2.30. The van der Waals surface area contributed by atoms with Crippen LogP contribution in [0.1, 0.15) is 16.9 Å². The topological polar surface area (TPSA) is 71.8 Å². The molecule has 0 aliphatic carbocycles. The summed E-state index contributed by atoms with van der Waals surface area (Å²) in [6.45, 7) is 1.95. The Bertz CT molecular complexity index is 469. The van der Waals surface area contributed by atoms with E-state index in [0.717, 1.165) is 0 Å². The molecule has 0 aromatic carbocycles. The van der Waals surface area contributed by atoms with Crippen LogP contribution >= 0.6 is 0 Å². The number of aliphatic carboxylic acids is 1. The lowest BCUT2D eigenvalue weighted by atomic mass is 10.1. The summed E-state index contributed by atoms with van der Waals surface area (Å²) in [6, 6.07) is 3.57. The van der Waals surface area contributed by atoms with Gasteiger partial charge in [0.1, 0.15) is 5.69 Å². The normalized spacial score (nSPS) is 18.8. The molecule has 1 atom stereocenters. The van der Waals surface area contributed by atoms with Gasteiger partial charge in [-0.05, 0) is 18.6 Å². The Morgan fingerprint density at radius 2 is 2.32 bits per heavy atom. The monoisotopic (exact) mass is 266 g/mol. The number of likely N-dealkylation sites (tertiary alicyclic amines) is 1. The largest absolute Gasteiger partial charge is 0.481 e. The van der Waals surface area contributed by atoms with E-state index < -0.39 is 11.9 Å². The van der Waals surface area contributed by atoms with E-state index in [1.54, 1.807) is 18.1 Å². The Morgan fingerprint density at radius 1 is 1.53 bits per heavy atom. The van der Waals surface area contributed by atoms with Gasteiger partial charge in [0, 0.05) is 32.9 Å². The number of carbonyl (C=O) groups excluding carboxylic acids is 1. The average Bonchev–Trinajstić information content (AvgIpc) is 3.04. The molecule has 1 unspecified atom stereocenters. The second-order valence-corrected chi connectivity index (χ2v) is 4.65. The van der Waals surface area contributed by atoms with Gasteiger partial charge in [-0.2, -0.15) is 0 Å². The number of hydrogen-bond acceptors (Lipinski definition) is 3. The lowest BCUT2D eigenvalue weighted by molar-refractivity contribution is -0.141. The van der Waals surface area contributed by atoms with Crippen molar-refractivity contribution in [1.82, 2.24) is 9.47 Å². The summed E-state index contributed by atoms with van der Waals surface area (Å²) in [7, 11) is 1.61. The number of aromatic nitrogens is 1. The number of ether oxygens (including phenoxy) is 1. The van der Waals surface area contributed by atoms with E-state index in [4.69, 9.17) is 9.84 Å². The number of rotatable bonds is 5. The van der Waals surface area contributed by atoms with Crippen molar-refractivity contribution in [2.75, 3.05) is 26.8 Å². The molecule has 0 radical (unpaired) electrons. The fraction of sp³-hybridized carbons (Fsp3) is 0.538. The van der Waals surface area contributed by atoms with Gasteiger partial charge in [-0.3, -0.25) is 9.59 Å². The molecule has 1 saturated heterocycles. The highest BCUT2D eigenvalue weighted by Crippen LogP contribution is 2.19. The van der Waals surface area contributed by atoms with Crippen LogP contribution in [-0.4, -0.2) is 53.3 Å². The van der Waals surface area contributed by atoms with E-state index in [1.165, 1.54) is 0 Å². The summed E-state index contributed by atoms with van der Waals surface area (Å²) in [5, 5.41) is 8.95. The van der Waals surface area contributed by atoms with Gasteiger partial charge in [0.15, 0.2) is 0 Å². The van der Waals surface area contributed by atoms with Crippen LogP contribution in [-0.2, 0) is 16.1 Å². The summed E-state index contributed by atoms with van der Waals surface area (Å²) in [4.78, 5) is 24.8. The van der Waals surface area contributed by atoms with Crippen molar-refractivity contribution in [1.29, 1.82) is 0 Å². The SMILES string of the molecule is COCCn1cccc1C(=O)N1CCC(C(=O)O)C1. The molecular formula is C13H18N2O4. The molecule has 19 heavy (non-hydrogen) atoms. The lowest BCUT2D eigenvalue weighted by Gasteiger charge is -2.17. The zero-order valence-corrected chi connectivity index (χ0v) is 10.9. The zero-order valence-electron chi connectivity index (χ0n) is 10.9. The van der Waals surface area contributed by atoms with E-state index in [9.17, 15) is 9.59 Å². The zero-order chi connectivity index (χ0) is 13.8. The first kappa shape index (κ1) is 13.6. The summed E-state index contributed by atoms with van der Waals surface area (Å²) in [5.41, 5.74) is 0.586. The molecule has 1 aliphatic rings. The van der Waals surface area contributed by atoms with Gasteiger partial charge in [-0.1, -0.05) is 0 Å². The molecule has 0 bridgehead atoms. The summed E-state index contributed by atoms with van der Waals surface area (Å²) in [5.74, 6) is -1.37. The quantitative estimate of drug-likeness (QED) is 0.850. The maximum Gasteiger partial charge on any atom is 0.308 e. The number of amides is 1. The van der Waals surface area contributed by atoms with Crippen LogP contribution in [0.4, 0.5) is 0 Å². The van der Waals surface area contributed by atoms with Crippen molar-refractivity contribution in [3.05, 3.63) is 24.0 Å². The third kappa shape index (κ3) is 2.96. The molecule has 1 aliphatic heterocycles. The minimum atomic E-state index is -0.829. The molecule has 1 N–H and O–H groups in total. The maximum absolute atomic E-state index is 12.3. The molecule has 104 valence electrons. The van der Waals surface area contributed by atoms with E-state index in [0.29, 0.717) is 38.4 Å². The van der Waals surface area contributed by atoms with Gasteiger partial charge in [0.2, 0.25) is 0 Å². The summed E-state index contributed by atoms with van der Waals surface area (Å²) >= 11 is 0. The van der Waals surface area contributed by atoms with Gasteiger partial charge in [-0.25, -0.2) is 0 Å². The molecule has 1 aromatic heterocycles. The molecule has 6 heteroatoms. The first-order chi connectivity index (χ1) is 9.13. The standard InChI is InChI=1S/C13H18N2O4/c1-19-8-7-14-5-2-3-11(14)12(16)15-6-4-10(9-15)13(17)18/h2-3,5,10H,4,6-9H2,1H3,(H,17,18). The Hall–Kier alpha value is -1.82. The molecular weight excluding hydrogens is 248 g/mol. The molecule has 2 heterocycles. The van der Waals surface area contributed by atoms with Crippen LogP contribution in [0.15, 0.2) is 18.3 Å². The number of carboxylic acid groups (broad SMARTS) is 1. The van der Waals surface area contributed by atoms with E-state index >= 15 is 0 Å². The van der Waals surface area contributed by atoms with E-state index in [1.807, 2.05) is 16.8 Å². The molecule has 1 amide bonds. The maximum atomic E-state index is 12.3. The van der Waals surface area contributed by atoms with Crippen molar-refractivity contribution < 1.29 is 19.4 Å². The van der Waals surface area contributed by atoms with Crippen LogP contribution in [0.5, 0.6) is 0 Å². The molecule has 6 nitrogen and oxygen atoms in total. The summed E-state index contributed by atoms with van der Waals surface area (Å²) in [6.07, 6.45) is 2.36. The molecule has 1 aromatic rings. The van der Waals surface area contributed by atoms with Crippen LogP contribution in [0.3, 0.4) is 0 Å².